The number of ether oxygens (including phenoxy) is 1. The van der Waals surface area contributed by atoms with Gasteiger partial charge >= 0.3 is 5.97 Å². The molecule has 0 aromatic heterocycles. The fraction of sp³-hybridized carbons (Fsp3) is 0.214. The molecule has 1 aromatic rings. The van der Waals surface area contributed by atoms with Crippen LogP contribution in [0.3, 0.4) is 0 Å². The molecule has 1 aliphatic rings. The van der Waals surface area contributed by atoms with Gasteiger partial charge in [0.15, 0.2) is 0 Å². The zero-order valence-corrected chi connectivity index (χ0v) is 9.12. The van der Waals surface area contributed by atoms with Crippen molar-refractivity contribution in [2.45, 2.75) is 13.3 Å². The van der Waals surface area contributed by atoms with E-state index in [1.807, 2.05) is 37.3 Å². The van der Waals surface area contributed by atoms with E-state index in [1.54, 1.807) is 0 Å². The van der Waals surface area contributed by atoms with Crippen LogP contribution in [0.15, 0.2) is 41.5 Å². The average Bonchev–Trinajstić information content (AvgIpc) is 2.74. The molecule has 1 fully saturated rings. The van der Waals surface area contributed by atoms with E-state index in [1.165, 1.54) is 0 Å². The molecule has 0 amide bonds. The van der Waals surface area contributed by atoms with Crippen molar-refractivity contribution in [1.29, 1.82) is 0 Å². The number of hydrogen-bond acceptors (Lipinski definition) is 2. The highest BCUT2D eigenvalue weighted by atomic mass is 16.5. The lowest BCUT2D eigenvalue weighted by Gasteiger charge is -1.93. The van der Waals surface area contributed by atoms with Gasteiger partial charge in [0, 0.05) is 17.6 Å². The molecule has 0 saturated carbocycles. The number of allylic oxidation sites excluding steroid dienone is 1. The van der Waals surface area contributed by atoms with Crippen molar-refractivity contribution < 1.29 is 9.53 Å². The lowest BCUT2D eigenvalue weighted by Crippen LogP contribution is -1.96. The summed E-state index contributed by atoms with van der Waals surface area (Å²) in [6.07, 6.45) is 0.675. The normalized spacial score (nSPS) is 17.4. The summed E-state index contributed by atoms with van der Waals surface area (Å²) in [7, 11) is 0. The van der Waals surface area contributed by atoms with Gasteiger partial charge < -0.3 is 4.74 Å². The highest BCUT2D eigenvalue weighted by Gasteiger charge is 2.20. The maximum absolute atomic E-state index is 11.3. The Balaban J connectivity index is 2.23. The molecule has 0 unspecified atom stereocenters. The van der Waals surface area contributed by atoms with Crippen molar-refractivity contribution in [2.75, 3.05) is 6.61 Å². The first-order valence-electron chi connectivity index (χ1n) is 5.21. The molecule has 0 radical (unpaired) electrons. The molecule has 2 rings (SSSR count). The fourth-order valence-corrected chi connectivity index (χ4v) is 1.54. The van der Waals surface area contributed by atoms with Crippen LogP contribution in [0.25, 0.3) is 0 Å². The number of carbonyl (C=O) groups excluding carboxylic acids is 1. The van der Waals surface area contributed by atoms with E-state index in [9.17, 15) is 4.79 Å². The largest absolute Gasteiger partial charge is 0.462 e. The summed E-state index contributed by atoms with van der Waals surface area (Å²) in [5, 5.41) is 0. The lowest BCUT2D eigenvalue weighted by atomic mass is 10.1. The highest BCUT2D eigenvalue weighted by molar-refractivity contribution is 5.92. The number of cyclic esters (lactones) is 1. The Morgan fingerprint density at radius 1 is 1.31 bits per heavy atom. The molecule has 0 N–H and O–H groups in total. The van der Waals surface area contributed by atoms with Crippen molar-refractivity contribution in [3.8, 4) is 11.8 Å². The minimum atomic E-state index is -0.222. The van der Waals surface area contributed by atoms with Crippen LogP contribution in [0.5, 0.6) is 0 Å². The summed E-state index contributed by atoms with van der Waals surface area (Å²) in [5.74, 6) is 5.80. The third-order valence-electron chi connectivity index (χ3n) is 2.45. The first-order valence-corrected chi connectivity index (χ1v) is 5.21. The molecule has 1 saturated heterocycles. The van der Waals surface area contributed by atoms with Crippen molar-refractivity contribution >= 4 is 5.97 Å². The van der Waals surface area contributed by atoms with Crippen molar-refractivity contribution in [1.82, 2.24) is 0 Å². The Kier molecular flexibility index (Phi) is 3.07. The smallest absolute Gasteiger partial charge is 0.335 e. The van der Waals surface area contributed by atoms with Crippen LogP contribution in [-0.4, -0.2) is 12.6 Å². The summed E-state index contributed by atoms with van der Waals surface area (Å²) in [4.78, 5) is 11.3. The van der Waals surface area contributed by atoms with Gasteiger partial charge in [-0.15, -0.1) is 0 Å². The van der Waals surface area contributed by atoms with Gasteiger partial charge in [-0.05, 0) is 19.1 Å². The number of benzene rings is 1. The second-order valence-corrected chi connectivity index (χ2v) is 3.61. The molecule has 2 heteroatoms. The molecule has 1 heterocycles. The van der Waals surface area contributed by atoms with Crippen LogP contribution in [0.4, 0.5) is 0 Å². The first-order chi connectivity index (χ1) is 7.77. The quantitative estimate of drug-likeness (QED) is 0.375. The fourth-order valence-electron chi connectivity index (χ4n) is 1.54. The summed E-state index contributed by atoms with van der Waals surface area (Å²) >= 11 is 0. The van der Waals surface area contributed by atoms with Crippen LogP contribution in [0.2, 0.25) is 0 Å². The molecule has 16 heavy (non-hydrogen) atoms. The Morgan fingerprint density at radius 2 is 2.06 bits per heavy atom. The Hall–Kier alpha value is -2.01. The second-order valence-electron chi connectivity index (χ2n) is 3.61. The molecule has 1 aliphatic heterocycles. The molecule has 80 valence electrons. The van der Waals surface area contributed by atoms with Crippen LogP contribution in [0, 0.1) is 11.8 Å². The molecule has 0 bridgehead atoms. The Bertz CT molecular complexity index is 486. The van der Waals surface area contributed by atoms with E-state index in [2.05, 4.69) is 11.8 Å². The Labute approximate surface area is 94.9 Å². The predicted octanol–water partition coefficient (Wildman–Crippen LogP) is 2.30. The zero-order chi connectivity index (χ0) is 11.4. The summed E-state index contributed by atoms with van der Waals surface area (Å²) in [6.45, 7) is 2.34. The molecule has 2 nitrogen and oxygen atoms in total. The third kappa shape index (κ3) is 2.32. The average molecular weight is 212 g/mol. The first kappa shape index (κ1) is 10.5. The van der Waals surface area contributed by atoms with Gasteiger partial charge in [-0.1, -0.05) is 30.0 Å². The monoisotopic (exact) mass is 212 g/mol. The minimum Gasteiger partial charge on any atom is -0.462 e. The van der Waals surface area contributed by atoms with Gasteiger partial charge in [-0.25, -0.2) is 4.79 Å². The predicted molar refractivity (Wildman–Crippen MR) is 61.6 cm³/mol. The van der Waals surface area contributed by atoms with Gasteiger partial charge in [0.1, 0.15) is 0 Å². The van der Waals surface area contributed by atoms with Crippen LogP contribution < -0.4 is 0 Å². The molecule has 1 aromatic carbocycles. The van der Waals surface area contributed by atoms with Gasteiger partial charge in [0.05, 0.1) is 12.2 Å². The highest BCUT2D eigenvalue weighted by Crippen LogP contribution is 2.16. The molecular formula is C14H12O2. The van der Waals surface area contributed by atoms with E-state index < -0.39 is 0 Å². The van der Waals surface area contributed by atoms with E-state index in [0.29, 0.717) is 18.6 Å². The van der Waals surface area contributed by atoms with Gasteiger partial charge in [-0.2, -0.15) is 0 Å². The summed E-state index contributed by atoms with van der Waals surface area (Å²) < 4.78 is 4.87. The van der Waals surface area contributed by atoms with Crippen LogP contribution >= 0.6 is 0 Å². The standard InChI is InChI=1S/C14H12O2/c1-11(13-9-10-16-14(13)15)7-8-12-5-3-2-4-6-12/h2-6H,9-10H2,1H3/b13-11-. The van der Waals surface area contributed by atoms with Crippen molar-refractivity contribution in [3.63, 3.8) is 0 Å². The second kappa shape index (κ2) is 4.67. The topological polar surface area (TPSA) is 26.3 Å². The van der Waals surface area contributed by atoms with E-state index >= 15 is 0 Å². The van der Waals surface area contributed by atoms with E-state index in [0.717, 1.165) is 11.1 Å². The zero-order valence-electron chi connectivity index (χ0n) is 9.12. The minimum absolute atomic E-state index is 0.222. The number of rotatable bonds is 0. The number of esters is 1. The maximum Gasteiger partial charge on any atom is 0.335 e. The SMILES string of the molecule is C/C(C#Cc1ccccc1)=C1\CCOC1=O. The van der Waals surface area contributed by atoms with Gasteiger partial charge in [-0.3, -0.25) is 0 Å². The maximum atomic E-state index is 11.3. The lowest BCUT2D eigenvalue weighted by molar-refractivity contribution is -0.135. The molecule has 0 aliphatic carbocycles. The number of hydrogen-bond donors (Lipinski definition) is 0. The number of carbonyl (C=O) groups is 1. The van der Waals surface area contributed by atoms with Gasteiger partial charge in [0.2, 0.25) is 0 Å². The van der Waals surface area contributed by atoms with Gasteiger partial charge in [0.25, 0.3) is 0 Å². The summed E-state index contributed by atoms with van der Waals surface area (Å²) in [6, 6.07) is 9.72. The van der Waals surface area contributed by atoms with Crippen LogP contribution in [0.1, 0.15) is 18.9 Å². The molecule has 0 spiro atoms. The molecule has 0 atom stereocenters. The molecular weight excluding hydrogens is 200 g/mol. The van der Waals surface area contributed by atoms with E-state index in [-0.39, 0.29) is 5.97 Å². The van der Waals surface area contributed by atoms with E-state index in [4.69, 9.17) is 4.74 Å². The summed E-state index contributed by atoms with van der Waals surface area (Å²) in [5.41, 5.74) is 2.48. The third-order valence-corrected chi connectivity index (χ3v) is 2.45. The van der Waals surface area contributed by atoms with Crippen molar-refractivity contribution in [3.05, 3.63) is 47.0 Å². The van der Waals surface area contributed by atoms with Crippen molar-refractivity contribution in [2.24, 2.45) is 0 Å². The Morgan fingerprint density at radius 3 is 2.69 bits per heavy atom. The van der Waals surface area contributed by atoms with Crippen LogP contribution in [-0.2, 0) is 9.53 Å².